The van der Waals surface area contributed by atoms with Crippen LogP contribution in [-0.2, 0) is 0 Å². The molecule has 0 spiro atoms. The van der Waals surface area contributed by atoms with E-state index in [9.17, 15) is 0 Å². The Morgan fingerprint density at radius 2 is 1.75 bits per heavy atom. The summed E-state index contributed by atoms with van der Waals surface area (Å²) in [5.41, 5.74) is 1.80. The van der Waals surface area contributed by atoms with E-state index in [0.29, 0.717) is 6.04 Å². The minimum absolute atomic E-state index is 0.674. The molecule has 5 nitrogen and oxygen atoms in total. The SMILES string of the molecule is c1nc(N2CC3C[C@@H]4CC2C[C@H](C3)C4)c2[nH]cnc2n1. The van der Waals surface area contributed by atoms with Crippen molar-refractivity contribution < 1.29 is 0 Å². The van der Waals surface area contributed by atoms with Gasteiger partial charge in [-0.1, -0.05) is 0 Å². The molecule has 4 aliphatic rings. The molecule has 104 valence electrons. The zero-order valence-electron chi connectivity index (χ0n) is 11.5. The molecular weight excluding hydrogens is 250 g/mol. The minimum atomic E-state index is 0.674. The first-order valence-corrected chi connectivity index (χ1v) is 7.77. The Morgan fingerprint density at radius 1 is 0.950 bits per heavy atom. The Balaban J connectivity index is 1.62. The number of nitrogens with zero attached hydrogens (tertiary/aromatic N) is 4. The van der Waals surface area contributed by atoms with Gasteiger partial charge in [-0.3, -0.25) is 0 Å². The summed E-state index contributed by atoms with van der Waals surface area (Å²) < 4.78 is 0. The van der Waals surface area contributed by atoms with Gasteiger partial charge in [0.2, 0.25) is 0 Å². The van der Waals surface area contributed by atoms with Crippen molar-refractivity contribution in [3.05, 3.63) is 12.7 Å². The van der Waals surface area contributed by atoms with Crippen molar-refractivity contribution in [1.29, 1.82) is 0 Å². The number of aromatic nitrogens is 4. The summed E-state index contributed by atoms with van der Waals surface area (Å²) in [6, 6.07) is 0.674. The summed E-state index contributed by atoms with van der Waals surface area (Å²) in [5, 5.41) is 0. The predicted octanol–water partition coefficient (Wildman–Crippen LogP) is 2.37. The van der Waals surface area contributed by atoms with E-state index >= 15 is 0 Å². The Kier molecular flexibility index (Phi) is 2.17. The zero-order valence-corrected chi connectivity index (χ0v) is 11.5. The number of anilines is 1. The van der Waals surface area contributed by atoms with Crippen LogP contribution in [0.25, 0.3) is 11.2 Å². The lowest BCUT2D eigenvalue weighted by atomic mass is 9.68. The van der Waals surface area contributed by atoms with Gasteiger partial charge in [-0.05, 0) is 49.9 Å². The lowest BCUT2D eigenvalue weighted by Gasteiger charge is -2.39. The van der Waals surface area contributed by atoms with E-state index in [2.05, 4.69) is 24.8 Å². The molecule has 4 atom stereocenters. The third kappa shape index (κ3) is 1.52. The van der Waals surface area contributed by atoms with Gasteiger partial charge in [-0.2, -0.15) is 0 Å². The van der Waals surface area contributed by atoms with Crippen molar-refractivity contribution in [1.82, 2.24) is 19.9 Å². The van der Waals surface area contributed by atoms with Gasteiger partial charge in [0, 0.05) is 12.6 Å². The quantitative estimate of drug-likeness (QED) is 0.863. The van der Waals surface area contributed by atoms with Crippen LogP contribution in [0.15, 0.2) is 12.7 Å². The van der Waals surface area contributed by atoms with E-state index in [1.807, 2.05) is 0 Å². The highest BCUT2D eigenvalue weighted by Gasteiger charge is 2.43. The Hall–Kier alpha value is -1.65. The average Bonchev–Trinajstić information content (AvgIpc) is 2.84. The number of H-pyrrole nitrogens is 1. The number of imidazole rings is 1. The second-order valence-electron chi connectivity index (χ2n) is 6.88. The van der Waals surface area contributed by atoms with E-state index in [1.165, 1.54) is 38.6 Å². The maximum atomic E-state index is 4.59. The van der Waals surface area contributed by atoms with Crippen molar-refractivity contribution in [2.75, 3.05) is 11.4 Å². The van der Waals surface area contributed by atoms with Crippen LogP contribution in [-0.4, -0.2) is 32.5 Å². The maximum absolute atomic E-state index is 4.59. The van der Waals surface area contributed by atoms with Crippen LogP contribution in [0.5, 0.6) is 0 Å². The summed E-state index contributed by atoms with van der Waals surface area (Å²) in [4.78, 5) is 18.9. The van der Waals surface area contributed by atoms with E-state index in [1.54, 1.807) is 12.7 Å². The fourth-order valence-electron chi connectivity index (χ4n) is 5.01. The first-order chi connectivity index (χ1) is 9.87. The Morgan fingerprint density at radius 3 is 2.60 bits per heavy atom. The van der Waals surface area contributed by atoms with Gasteiger partial charge in [0.1, 0.15) is 11.8 Å². The summed E-state index contributed by atoms with van der Waals surface area (Å²) in [6.07, 6.45) is 10.4. The Labute approximate surface area is 117 Å². The summed E-state index contributed by atoms with van der Waals surface area (Å²) in [7, 11) is 0. The van der Waals surface area contributed by atoms with E-state index in [0.717, 1.165) is 34.7 Å². The third-order valence-corrected chi connectivity index (χ3v) is 5.58. The van der Waals surface area contributed by atoms with Gasteiger partial charge in [0.25, 0.3) is 0 Å². The largest absolute Gasteiger partial charge is 0.351 e. The van der Waals surface area contributed by atoms with Crippen molar-refractivity contribution in [3.63, 3.8) is 0 Å². The molecule has 2 saturated carbocycles. The molecule has 20 heavy (non-hydrogen) atoms. The third-order valence-electron chi connectivity index (χ3n) is 5.58. The molecule has 0 radical (unpaired) electrons. The molecule has 4 bridgehead atoms. The number of nitrogens with one attached hydrogen (secondary N) is 1. The molecule has 4 heterocycles. The lowest BCUT2D eigenvalue weighted by Crippen LogP contribution is -2.38. The molecular formula is C15H19N5. The molecule has 2 aromatic heterocycles. The normalized spacial score (nSPS) is 35.7. The highest BCUT2D eigenvalue weighted by Crippen LogP contribution is 2.48. The molecule has 2 unspecified atom stereocenters. The number of hydrogen-bond acceptors (Lipinski definition) is 4. The maximum Gasteiger partial charge on any atom is 0.182 e. The van der Waals surface area contributed by atoms with Crippen LogP contribution in [0.3, 0.4) is 0 Å². The van der Waals surface area contributed by atoms with Crippen molar-refractivity contribution >= 4 is 17.0 Å². The zero-order chi connectivity index (χ0) is 13.1. The van der Waals surface area contributed by atoms with Gasteiger partial charge in [-0.15, -0.1) is 0 Å². The molecule has 4 fully saturated rings. The van der Waals surface area contributed by atoms with Crippen LogP contribution in [0.1, 0.15) is 32.1 Å². The van der Waals surface area contributed by atoms with E-state index < -0.39 is 0 Å². The fraction of sp³-hybridized carbons (Fsp3) is 0.667. The van der Waals surface area contributed by atoms with Crippen molar-refractivity contribution in [3.8, 4) is 0 Å². The fourth-order valence-corrected chi connectivity index (χ4v) is 5.01. The molecule has 2 saturated heterocycles. The molecule has 6 rings (SSSR count). The molecule has 5 heteroatoms. The number of hydrogen-bond donors (Lipinski definition) is 1. The summed E-state index contributed by atoms with van der Waals surface area (Å²) in [5.74, 6) is 3.85. The summed E-state index contributed by atoms with van der Waals surface area (Å²) in [6.45, 7) is 1.17. The molecule has 0 amide bonds. The average molecular weight is 269 g/mol. The predicted molar refractivity (Wildman–Crippen MR) is 76.4 cm³/mol. The van der Waals surface area contributed by atoms with Crippen molar-refractivity contribution in [2.24, 2.45) is 17.8 Å². The standard InChI is InChI=1S/C15H19N5/c1-9-2-11-3-10(1)5-12(4-9)20(6-11)15-13-14(17-7-16-13)18-8-19-15/h7-12H,1-6H2,(H,16,17,18,19)/t9-,10+,11?,12?. The van der Waals surface area contributed by atoms with Crippen LogP contribution >= 0.6 is 0 Å². The highest BCUT2D eigenvalue weighted by atomic mass is 15.2. The first kappa shape index (κ1) is 11.1. The minimum Gasteiger partial charge on any atom is -0.351 e. The molecule has 0 aromatic carbocycles. The van der Waals surface area contributed by atoms with Gasteiger partial charge >= 0.3 is 0 Å². The van der Waals surface area contributed by atoms with Crippen LogP contribution in [0, 0.1) is 17.8 Å². The highest BCUT2D eigenvalue weighted by molar-refractivity contribution is 5.82. The number of rotatable bonds is 1. The second-order valence-corrected chi connectivity index (χ2v) is 6.88. The van der Waals surface area contributed by atoms with Crippen LogP contribution in [0.2, 0.25) is 0 Å². The van der Waals surface area contributed by atoms with Gasteiger partial charge < -0.3 is 9.88 Å². The van der Waals surface area contributed by atoms with Gasteiger partial charge in [-0.25, -0.2) is 15.0 Å². The number of aromatic amines is 1. The first-order valence-electron chi connectivity index (χ1n) is 7.77. The molecule has 1 N–H and O–H groups in total. The number of fused-ring (bicyclic) bond motifs is 2. The molecule has 2 aromatic rings. The lowest BCUT2D eigenvalue weighted by molar-refractivity contribution is 0.157. The van der Waals surface area contributed by atoms with E-state index in [4.69, 9.17) is 0 Å². The molecule has 2 aliphatic heterocycles. The Bertz CT molecular complexity index is 637. The topological polar surface area (TPSA) is 57.7 Å². The molecule has 2 aliphatic carbocycles. The smallest absolute Gasteiger partial charge is 0.182 e. The monoisotopic (exact) mass is 269 g/mol. The van der Waals surface area contributed by atoms with E-state index in [-0.39, 0.29) is 0 Å². The van der Waals surface area contributed by atoms with Crippen LogP contribution < -0.4 is 4.90 Å². The van der Waals surface area contributed by atoms with Gasteiger partial charge in [0.15, 0.2) is 11.5 Å². The van der Waals surface area contributed by atoms with Gasteiger partial charge in [0.05, 0.1) is 6.33 Å². The second kappa shape index (κ2) is 3.93. The van der Waals surface area contributed by atoms with Crippen LogP contribution in [0.4, 0.5) is 5.82 Å². The van der Waals surface area contributed by atoms with Crippen molar-refractivity contribution in [2.45, 2.75) is 38.1 Å². The summed E-state index contributed by atoms with van der Waals surface area (Å²) >= 11 is 0.